The number of carbonyl (C=O) groups is 2. The monoisotopic (exact) mass is 295 g/mol. The van der Waals surface area contributed by atoms with Crippen molar-refractivity contribution in [2.75, 3.05) is 32.7 Å². The second kappa shape index (κ2) is 7.26. The van der Waals surface area contributed by atoms with Gasteiger partial charge in [0.2, 0.25) is 12.3 Å². The first kappa shape index (κ1) is 14.8. The summed E-state index contributed by atoms with van der Waals surface area (Å²) in [5, 5.41) is 3.83. The van der Waals surface area contributed by atoms with E-state index in [2.05, 4.69) is 5.32 Å². The molecular weight excluding hydrogens is 278 g/mol. The standard InChI is InChI=1S/C14H18ClN3O2/c15-13-3-1-12(2-4-13)9-16-10-14(20)18-7-5-17(11-19)6-8-18/h1-4,11,16H,5-10H2. The molecule has 5 nitrogen and oxygen atoms in total. The van der Waals surface area contributed by atoms with E-state index in [1.165, 1.54) is 0 Å². The summed E-state index contributed by atoms with van der Waals surface area (Å²) in [7, 11) is 0. The van der Waals surface area contributed by atoms with Gasteiger partial charge in [0.25, 0.3) is 0 Å². The van der Waals surface area contributed by atoms with Crippen molar-refractivity contribution in [3.63, 3.8) is 0 Å². The Hall–Kier alpha value is -1.59. The molecule has 1 saturated heterocycles. The molecule has 1 fully saturated rings. The predicted octanol–water partition coefficient (Wildman–Crippen LogP) is 0.730. The molecule has 1 aliphatic rings. The number of nitrogens with zero attached hydrogens (tertiary/aromatic N) is 2. The Morgan fingerprint density at radius 3 is 2.45 bits per heavy atom. The largest absolute Gasteiger partial charge is 0.342 e. The molecule has 0 aliphatic carbocycles. The number of halogens is 1. The molecule has 0 radical (unpaired) electrons. The summed E-state index contributed by atoms with van der Waals surface area (Å²) in [6, 6.07) is 7.53. The lowest BCUT2D eigenvalue weighted by atomic mass is 10.2. The van der Waals surface area contributed by atoms with E-state index >= 15 is 0 Å². The van der Waals surface area contributed by atoms with Gasteiger partial charge in [-0.3, -0.25) is 9.59 Å². The van der Waals surface area contributed by atoms with E-state index in [-0.39, 0.29) is 5.91 Å². The number of nitrogens with one attached hydrogen (secondary N) is 1. The zero-order chi connectivity index (χ0) is 14.4. The highest BCUT2D eigenvalue weighted by Gasteiger charge is 2.19. The van der Waals surface area contributed by atoms with Crippen LogP contribution in [-0.2, 0) is 16.1 Å². The Kier molecular flexibility index (Phi) is 5.38. The normalized spacial score (nSPS) is 15.2. The summed E-state index contributed by atoms with van der Waals surface area (Å²) < 4.78 is 0. The second-order valence-electron chi connectivity index (χ2n) is 4.75. The van der Waals surface area contributed by atoms with Gasteiger partial charge < -0.3 is 15.1 Å². The fourth-order valence-electron chi connectivity index (χ4n) is 2.10. The minimum Gasteiger partial charge on any atom is -0.342 e. The van der Waals surface area contributed by atoms with Crippen LogP contribution in [0.4, 0.5) is 0 Å². The van der Waals surface area contributed by atoms with Gasteiger partial charge in [-0.25, -0.2) is 0 Å². The van der Waals surface area contributed by atoms with E-state index in [4.69, 9.17) is 11.6 Å². The van der Waals surface area contributed by atoms with Crippen LogP contribution in [0.1, 0.15) is 5.56 Å². The maximum atomic E-state index is 12.0. The first-order chi connectivity index (χ1) is 9.69. The van der Waals surface area contributed by atoms with E-state index in [1.54, 1.807) is 9.80 Å². The summed E-state index contributed by atoms with van der Waals surface area (Å²) in [6.07, 6.45) is 0.834. The molecule has 0 spiro atoms. The Labute approximate surface area is 123 Å². The van der Waals surface area contributed by atoms with Crippen molar-refractivity contribution in [2.45, 2.75) is 6.54 Å². The molecular formula is C14H18ClN3O2. The molecule has 0 aromatic heterocycles. The van der Waals surface area contributed by atoms with Crippen LogP contribution in [-0.4, -0.2) is 54.8 Å². The van der Waals surface area contributed by atoms with Gasteiger partial charge in [-0.15, -0.1) is 0 Å². The molecule has 1 aromatic carbocycles. The highest BCUT2D eigenvalue weighted by molar-refractivity contribution is 6.30. The van der Waals surface area contributed by atoms with Crippen LogP contribution in [0.25, 0.3) is 0 Å². The van der Waals surface area contributed by atoms with Gasteiger partial charge >= 0.3 is 0 Å². The molecule has 1 aromatic rings. The summed E-state index contributed by atoms with van der Waals surface area (Å²) in [5.74, 6) is 0.0736. The molecule has 0 unspecified atom stereocenters. The van der Waals surface area contributed by atoms with Crippen LogP contribution >= 0.6 is 11.6 Å². The zero-order valence-electron chi connectivity index (χ0n) is 11.2. The number of hydrogen-bond donors (Lipinski definition) is 1. The number of amides is 2. The average Bonchev–Trinajstić information content (AvgIpc) is 2.49. The predicted molar refractivity (Wildman–Crippen MR) is 77.4 cm³/mol. The molecule has 20 heavy (non-hydrogen) atoms. The van der Waals surface area contributed by atoms with Crippen LogP contribution in [0.3, 0.4) is 0 Å². The zero-order valence-corrected chi connectivity index (χ0v) is 12.0. The molecule has 0 bridgehead atoms. The lowest BCUT2D eigenvalue weighted by molar-refractivity contribution is -0.134. The van der Waals surface area contributed by atoms with Gasteiger partial charge in [-0.2, -0.15) is 0 Å². The third-order valence-corrected chi connectivity index (χ3v) is 3.59. The van der Waals surface area contributed by atoms with Crippen molar-refractivity contribution in [3.8, 4) is 0 Å². The quantitative estimate of drug-likeness (QED) is 0.815. The van der Waals surface area contributed by atoms with Gasteiger partial charge in [0.15, 0.2) is 0 Å². The van der Waals surface area contributed by atoms with Crippen molar-refractivity contribution >= 4 is 23.9 Å². The maximum absolute atomic E-state index is 12.0. The third kappa shape index (κ3) is 4.21. The molecule has 2 rings (SSSR count). The van der Waals surface area contributed by atoms with Crippen molar-refractivity contribution in [2.24, 2.45) is 0 Å². The molecule has 1 N–H and O–H groups in total. The lowest BCUT2D eigenvalue weighted by Gasteiger charge is -2.32. The molecule has 6 heteroatoms. The Morgan fingerprint density at radius 2 is 1.85 bits per heavy atom. The minimum absolute atomic E-state index is 0.0736. The Balaban J connectivity index is 1.70. The molecule has 108 valence electrons. The summed E-state index contributed by atoms with van der Waals surface area (Å²) >= 11 is 5.81. The average molecular weight is 296 g/mol. The molecule has 0 saturated carbocycles. The SMILES string of the molecule is O=CN1CCN(C(=O)CNCc2ccc(Cl)cc2)CC1. The lowest BCUT2D eigenvalue weighted by Crippen LogP contribution is -2.50. The van der Waals surface area contributed by atoms with Crippen LogP contribution < -0.4 is 5.32 Å². The second-order valence-corrected chi connectivity index (χ2v) is 5.19. The molecule has 0 atom stereocenters. The van der Waals surface area contributed by atoms with Crippen molar-refractivity contribution in [3.05, 3.63) is 34.9 Å². The van der Waals surface area contributed by atoms with Gasteiger partial charge in [0, 0.05) is 37.7 Å². The summed E-state index contributed by atoms with van der Waals surface area (Å²) in [4.78, 5) is 26.0. The number of piperazine rings is 1. The van der Waals surface area contributed by atoms with Crippen LogP contribution in [0.2, 0.25) is 5.02 Å². The highest BCUT2D eigenvalue weighted by atomic mass is 35.5. The van der Waals surface area contributed by atoms with E-state index in [9.17, 15) is 9.59 Å². The summed E-state index contributed by atoms with van der Waals surface area (Å²) in [6.45, 7) is 3.40. The molecule has 1 heterocycles. The van der Waals surface area contributed by atoms with Crippen molar-refractivity contribution in [1.82, 2.24) is 15.1 Å². The number of benzene rings is 1. The number of carbonyl (C=O) groups excluding carboxylic acids is 2. The van der Waals surface area contributed by atoms with Gasteiger partial charge in [-0.1, -0.05) is 23.7 Å². The first-order valence-electron chi connectivity index (χ1n) is 6.61. The Morgan fingerprint density at radius 1 is 1.20 bits per heavy atom. The molecule has 1 aliphatic heterocycles. The van der Waals surface area contributed by atoms with Crippen LogP contribution in [0, 0.1) is 0 Å². The van der Waals surface area contributed by atoms with E-state index in [0.717, 1.165) is 12.0 Å². The smallest absolute Gasteiger partial charge is 0.236 e. The molecule has 2 amide bonds. The first-order valence-corrected chi connectivity index (χ1v) is 6.99. The third-order valence-electron chi connectivity index (χ3n) is 3.33. The van der Waals surface area contributed by atoms with Gasteiger partial charge in [0.05, 0.1) is 6.54 Å². The highest BCUT2D eigenvalue weighted by Crippen LogP contribution is 2.09. The van der Waals surface area contributed by atoms with Crippen molar-refractivity contribution < 1.29 is 9.59 Å². The van der Waals surface area contributed by atoms with E-state index in [1.807, 2.05) is 24.3 Å². The van der Waals surface area contributed by atoms with Crippen LogP contribution in [0.5, 0.6) is 0 Å². The van der Waals surface area contributed by atoms with E-state index in [0.29, 0.717) is 44.3 Å². The summed E-state index contributed by atoms with van der Waals surface area (Å²) in [5.41, 5.74) is 1.09. The van der Waals surface area contributed by atoms with Crippen molar-refractivity contribution in [1.29, 1.82) is 0 Å². The van der Waals surface area contributed by atoms with E-state index < -0.39 is 0 Å². The fraction of sp³-hybridized carbons (Fsp3) is 0.429. The van der Waals surface area contributed by atoms with Gasteiger partial charge in [0.1, 0.15) is 0 Å². The fourth-order valence-corrected chi connectivity index (χ4v) is 2.23. The topological polar surface area (TPSA) is 52.7 Å². The number of hydrogen-bond acceptors (Lipinski definition) is 3. The maximum Gasteiger partial charge on any atom is 0.236 e. The Bertz CT molecular complexity index is 456. The minimum atomic E-state index is 0.0736. The number of rotatable bonds is 5. The van der Waals surface area contributed by atoms with Crippen LogP contribution in [0.15, 0.2) is 24.3 Å². The van der Waals surface area contributed by atoms with Gasteiger partial charge in [-0.05, 0) is 17.7 Å².